The number of fused-ring (bicyclic) bond motifs is 2. The molecule has 0 aliphatic heterocycles. The molecule has 6 heterocycles. The van der Waals surface area contributed by atoms with Crippen LogP contribution in [0.25, 0.3) is 65.6 Å². The monoisotopic (exact) mass is 1280 g/mol. The third-order valence-electron chi connectivity index (χ3n) is 14.1. The van der Waals surface area contributed by atoms with Crippen LogP contribution in [0.15, 0.2) is 125 Å². The Labute approximate surface area is 531 Å². The molecule has 0 spiro atoms. The average molecular weight is 1280 g/mol. The van der Waals surface area contributed by atoms with Crippen LogP contribution in [0.2, 0.25) is 16.6 Å². The highest BCUT2D eigenvalue weighted by Gasteiger charge is 2.49. The van der Waals surface area contributed by atoms with Crippen LogP contribution in [0.4, 0.5) is 40.8 Å². The van der Waals surface area contributed by atoms with E-state index >= 15 is 0 Å². The van der Waals surface area contributed by atoms with E-state index in [1.54, 1.807) is 132 Å². The molecule has 0 unspecified atom stereocenters. The fourth-order valence-corrected chi connectivity index (χ4v) is 18.3. The van der Waals surface area contributed by atoms with Gasteiger partial charge in [0.15, 0.2) is 31.5 Å². The average Bonchev–Trinajstić information content (AvgIpc) is 1.54. The molecule has 472 valence electrons. The number of amides is 2. The number of carbonyl (C=O) groups excluding carboxylic acids is 4. The molecule has 0 radical (unpaired) electrons. The summed E-state index contributed by atoms with van der Waals surface area (Å²) in [6.07, 6.45) is 5.51. The third kappa shape index (κ3) is 14.7. The topological polar surface area (TPSA) is 251 Å². The van der Waals surface area contributed by atoms with Crippen LogP contribution >= 0.6 is 22.7 Å². The molecule has 0 aliphatic rings. The maximum absolute atomic E-state index is 13.7. The summed E-state index contributed by atoms with van der Waals surface area (Å²) in [6.45, 7) is 35.3. The smallest absolute Gasteiger partial charge is 0.435 e. The van der Waals surface area contributed by atoms with Crippen LogP contribution < -0.4 is 15.3 Å². The Bertz CT molecular complexity index is 4190. The van der Waals surface area contributed by atoms with Crippen molar-refractivity contribution in [1.29, 1.82) is 0 Å². The zero-order valence-electron chi connectivity index (χ0n) is 54.0. The quantitative estimate of drug-likeness (QED) is 0.0814. The van der Waals surface area contributed by atoms with Gasteiger partial charge in [-0.05, 0) is 148 Å². The van der Waals surface area contributed by atoms with E-state index in [-0.39, 0.29) is 0 Å². The van der Waals surface area contributed by atoms with E-state index in [0.717, 1.165) is 27.8 Å². The summed E-state index contributed by atoms with van der Waals surface area (Å²) in [5, 5.41) is 29.2. The highest BCUT2D eigenvalue weighted by molar-refractivity contribution is 7.19. The predicted molar refractivity (Wildman–Crippen MR) is 352 cm³/mol. The Morgan fingerprint density at radius 3 is 1.30 bits per heavy atom. The van der Waals surface area contributed by atoms with Gasteiger partial charge < -0.3 is 27.8 Å². The molecular weight excluding hydrogens is 1200 g/mol. The fraction of sp³-hybridized carbons (Fsp3) is 0.385. The van der Waals surface area contributed by atoms with E-state index in [4.69, 9.17) is 32.8 Å². The second-order valence-corrected chi connectivity index (χ2v) is 34.1. The molecule has 6 aromatic heterocycles. The lowest BCUT2D eigenvalue weighted by Gasteiger charge is -2.39. The van der Waals surface area contributed by atoms with E-state index < -0.39 is 54.9 Å². The number of aromatic nitrogens is 10. The molecule has 25 heteroatoms. The first-order valence-corrected chi connectivity index (χ1v) is 33.3. The molecule has 10 rings (SSSR count). The zero-order chi connectivity index (χ0) is 65.4. The van der Waals surface area contributed by atoms with E-state index in [2.05, 4.69) is 77.1 Å². The van der Waals surface area contributed by atoms with Crippen molar-refractivity contribution in [1.82, 2.24) is 49.9 Å². The molecule has 10 aromatic rings. The Morgan fingerprint density at radius 2 is 0.911 bits per heavy atom. The molecule has 0 atom stereocenters. The molecule has 2 amide bonds. The Balaban J connectivity index is 0.000000219. The van der Waals surface area contributed by atoms with Crippen LogP contribution in [0.5, 0.6) is 0 Å². The lowest BCUT2D eigenvalue weighted by molar-refractivity contribution is 0.0511. The molecule has 0 N–H and O–H groups in total. The SMILES string of the molecule is CC(C)(C)OC(=O)N(c1ccc2c(cnn2C(=O)OC(C)(C)C)c1)c1nnc(-c2cccc(-c3cnco3)c2)s1.CC(C)[Si](c1ncc(-c2cccc(-c3nnc(N(C(=O)OC(C)(C)C)c4ccc5c(cnn5C(=O)OC(C)(C)C)c4)s3)c2)o1)(C(C)C)C(C)C. The normalized spacial score (nSPS) is 12.4. The maximum atomic E-state index is 13.7. The minimum Gasteiger partial charge on any atom is -0.446 e. The summed E-state index contributed by atoms with van der Waals surface area (Å²) in [7, 11) is -2.07. The number of anilines is 4. The van der Waals surface area contributed by atoms with Crippen molar-refractivity contribution >= 4 is 104 Å². The standard InChI is InChI=1S/C37H48N6O5SSi.C28H28N6O5S/c1-22(2)50(23(3)4,24(5)6)33-38-21-30(46-33)25-14-13-15-26(18-25)31-40-41-32(49-31)42(34(44)47-36(7,8)9)28-16-17-29-27(19-28)20-39-43(29)35(45)48-37(10,11)12;1-27(2,3)38-25(35)33(20-10-11-21-19(13-20)14-30-34(21)26(36)39-28(4,5)6)24-32-31-23(40-24)18-9-7-8-17(12-18)22-15-29-16-37-22/h13-24H,1-12H3;7-16H,1-6H3. The molecule has 0 fully saturated rings. The van der Waals surface area contributed by atoms with Crippen LogP contribution in [-0.4, -0.2) is 105 Å². The number of hydrogen-bond donors (Lipinski definition) is 0. The Morgan fingerprint density at radius 1 is 0.500 bits per heavy atom. The Hall–Kier alpha value is -8.94. The van der Waals surface area contributed by atoms with Crippen LogP contribution in [0.1, 0.15) is 125 Å². The summed E-state index contributed by atoms with van der Waals surface area (Å²) in [6, 6.07) is 25.8. The second-order valence-electron chi connectivity index (χ2n) is 26.4. The van der Waals surface area contributed by atoms with Gasteiger partial charge in [0.05, 0.1) is 47.2 Å². The maximum Gasteiger partial charge on any atom is 0.435 e. The van der Waals surface area contributed by atoms with E-state index in [1.807, 2.05) is 54.7 Å². The number of nitrogens with zero attached hydrogens (tertiary/aromatic N) is 12. The lowest BCUT2D eigenvalue weighted by atomic mass is 10.1. The van der Waals surface area contributed by atoms with Crippen molar-refractivity contribution < 1.29 is 47.0 Å². The van der Waals surface area contributed by atoms with Crippen molar-refractivity contribution in [2.75, 3.05) is 9.80 Å². The van der Waals surface area contributed by atoms with E-state index in [0.29, 0.717) is 81.6 Å². The van der Waals surface area contributed by atoms with Gasteiger partial charge in [-0.25, -0.2) is 38.9 Å². The Kier molecular flexibility index (Phi) is 18.6. The van der Waals surface area contributed by atoms with Crippen molar-refractivity contribution in [3.63, 3.8) is 0 Å². The molecule has 0 saturated carbocycles. The van der Waals surface area contributed by atoms with Crippen LogP contribution in [0.3, 0.4) is 0 Å². The minimum absolute atomic E-state index is 0.313. The lowest BCUT2D eigenvalue weighted by Crippen LogP contribution is -2.56. The third-order valence-corrected chi connectivity index (χ3v) is 22.7. The highest BCUT2D eigenvalue weighted by Crippen LogP contribution is 2.43. The molecule has 0 bridgehead atoms. The van der Waals surface area contributed by atoms with Gasteiger partial charge >= 0.3 is 24.4 Å². The second kappa shape index (κ2) is 25.5. The molecule has 0 aliphatic carbocycles. The van der Waals surface area contributed by atoms with Crippen molar-refractivity contribution in [3.05, 3.63) is 116 Å². The predicted octanol–water partition coefficient (Wildman–Crippen LogP) is 17.0. The van der Waals surface area contributed by atoms with Gasteiger partial charge in [-0.15, -0.1) is 20.4 Å². The first-order valence-electron chi connectivity index (χ1n) is 29.4. The van der Waals surface area contributed by atoms with Gasteiger partial charge in [0.2, 0.25) is 10.3 Å². The van der Waals surface area contributed by atoms with Gasteiger partial charge in [-0.2, -0.15) is 19.6 Å². The summed E-state index contributed by atoms with van der Waals surface area (Å²) >= 11 is 2.49. The zero-order valence-corrected chi connectivity index (χ0v) is 56.6. The van der Waals surface area contributed by atoms with Gasteiger partial charge in [-0.3, -0.25) is 0 Å². The number of carbonyl (C=O) groups is 4. The molecule has 22 nitrogen and oxygen atoms in total. The van der Waals surface area contributed by atoms with Crippen LogP contribution in [-0.2, 0) is 18.9 Å². The summed E-state index contributed by atoms with van der Waals surface area (Å²) in [5.74, 6) is 1.34. The van der Waals surface area contributed by atoms with Crippen molar-refractivity contribution in [2.45, 2.75) is 164 Å². The molecular formula is C65H76N12O10S2Si. The molecule has 0 saturated heterocycles. The molecule has 4 aromatic carbocycles. The van der Waals surface area contributed by atoms with Gasteiger partial charge in [0.1, 0.15) is 32.4 Å². The minimum atomic E-state index is -2.07. The fourth-order valence-electron chi connectivity index (χ4n) is 10.6. The number of hydrogen-bond acceptors (Lipinski definition) is 20. The number of oxazole rings is 2. The first-order chi connectivity index (χ1) is 42.2. The number of rotatable bonds is 12. The van der Waals surface area contributed by atoms with E-state index in [1.165, 1.54) is 54.4 Å². The van der Waals surface area contributed by atoms with Gasteiger partial charge in [-0.1, -0.05) is 101 Å². The largest absolute Gasteiger partial charge is 0.446 e. The summed E-state index contributed by atoms with van der Waals surface area (Å²) in [5.41, 5.74) is 4.79. The molecule has 90 heavy (non-hydrogen) atoms. The first kappa shape index (κ1) is 65.5. The van der Waals surface area contributed by atoms with Gasteiger partial charge in [0.25, 0.3) is 0 Å². The number of benzene rings is 4. The van der Waals surface area contributed by atoms with Crippen LogP contribution in [0, 0.1) is 0 Å². The number of ether oxygens (including phenoxy) is 4. The van der Waals surface area contributed by atoms with Gasteiger partial charge in [0, 0.05) is 33.0 Å². The van der Waals surface area contributed by atoms with Crippen molar-refractivity contribution in [3.8, 4) is 43.8 Å². The summed E-state index contributed by atoms with van der Waals surface area (Å²) < 4.78 is 36.9. The van der Waals surface area contributed by atoms with E-state index in [9.17, 15) is 19.2 Å². The van der Waals surface area contributed by atoms with Crippen molar-refractivity contribution in [2.24, 2.45) is 0 Å². The highest BCUT2D eigenvalue weighted by atomic mass is 32.1. The summed E-state index contributed by atoms with van der Waals surface area (Å²) in [4.78, 5) is 64.2.